The van der Waals surface area contributed by atoms with Crippen LogP contribution in [0.3, 0.4) is 0 Å². The molecule has 0 aliphatic carbocycles. The number of carbonyl (C=O) groups is 1. The number of imidazole rings is 1. The molecule has 4 aromatic heterocycles. The standard InChI is InChI=1S/C29H21N7O/c30-26-23(9-5-17-32-26)27-35-25-15-14-24(20-8-4-16-31-18-20)34-28(25)36(27)22-12-10-21(11-13-22)33-29(37)19-6-2-1-3-7-19/h1-18H,(H2,30,32)(H,33,37). The highest BCUT2D eigenvalue weighted by molar-refractivity contribution is 6.04. The van der Waals surface area contributed by atoms with E-state index in [2.05, 4.69) is 15.3 Å². The number of nitrogens with zero attached hydrogens (tertiary/aromatic N) is 5. The summed E-state index contributed by atoms with van der Waals surface area (Å²) in [4.78, 5) is 30.9. The van der Waals surface area contributed by atoms with Gasteiger partial charge in [-0.25, -0.2) is 15.0 Å². The van der Waals surface area contributed by atoms with Gasteiger partial charge < -0.3 is 11.1 Å². The number of aromatic nitrogens is 5. The summed E-state index contributed by atoms with van der Waals surface area (Å²) in [6.07, 6.45) is 5.15. The van der Waals surface area contributed by atoms with Gasteiger partial charge in [0.05, 0.1) is 11.3 Å². The first-order valence-electron chi connectivity index (χ1n) is 11.6. The van der Waals surface area contributed by atoms with Crippen LogP contribution in [0.1, 0.15) is 10.4 Å². The lowest BCUT2D eigenvalue weighted by molar-refractivity contribution is 0.102. The molecule has 0 unspecified atom stereocenters. The quantitative estimate of drug-likeness (QED) is 0.341. The van der Waals surface area contributed by atoms with Gasteiger partial charge in [-0.3, -0.25) is 14.3 Å². The van der Waals surface area contributed by atoms with Gasteiger partial charge in [-0.05, 0) is 72.8 Å². The molecule has 0 aliphatic heterocycles. The average molecular weight is 484 g/mol. The molecule has 3 N–H and O–H groups in total. The Kier molecular flexibility index (Phi) is 5.59. The monoisotopic (exact) mass is 483 g/mol. The van der Waals surface area contributed by atoms with Gasteiger partial charge in [-0.1, -0.05) is 18.2 Å². The molecule has 0 saturated carbocycles. The van der Waals surface area contributed by atoms with E-state index in [-0.39, 0.29) is 5.91 Å². The lowest BCUT2D eigenvalue weighted by Crippen LogP contribution is -2.11. The average Bonchev–Trinajstić information content (AvgIpc) is 3.33. The molecule has 0 bridgehead atoms. The highest BCUT2D eigenvalue weighted by Crippen LogP contribution is 2.32. The lowest BCUT2D eigenvalue weighted by atomic mass is 10.2. The van der Waals surface area contributed by atoms with Crippen molar-refractivity contribution in [2.45, 2.75) is 0 Å². The molecular formula is C29H21N7O. The maximum Gasteiger partial charge on any atom is 0.255 e. The molecule has 6 aromatic rings. The van der Waals surface area contributed by atoms with Gasteiger partial charge in [0.25, 0.3) is 5.91 Å². The fraction of sp³-hybridized carbons (Fsp3) is 0. The number of anilines is 2. The van der Waals surface area contributed by atoms with E-state index in [1.54, 1.807) is 30.7 Å². The maximum absolute atomic E-state index is 12.6. The third-order valence-electron chi connectivity index (χ3n) is 5.96. The van der Waals surface area contributed by atoms with Crippen molar-refractivity contribution in [3.05, 3.63) is 115 Å². The number of nitrogens with one attached hydrogen (secondary N) is 1. The van der Waals surface area contributed by atoms with Crippen LogP contribution in [0.4, 0.5) is 11.5 Å². The van der Waals surface area contributed by atoms with E-state index in [1.807, 2.05) is 83.4 Å². The van der Waals surface area contributed by atoms with E-state index < -0.39 is 0 Å². The van der Waals surface area contributed by atoms with Crippen LogP contribution in [0.25, 0.3) is 39.5 Å². The number of amides is 1. The van der Waals surface area contributed by atoms with Crippen LogP contribution >= 0.6 is 0 Å². The predicted molar refractivity (Wildman–Crippen MR) is 144 cm³/mol. The van der Waals surface area contributed by atoms with Crippen molar-refractivity contribution in [3.63, 3.8) is 0 Å². The zero-order chi connectivity index (χ0) is 25.2. The Morgan fingerprint density at radius 2 is 1.62 bits per heavy atom. The highest BCUT2D eigenvalue weighted by atomic mass is 16.1. The summed E-state index contributed by atoms with van der Waals surface area (Å²) >= 11 is 0. The van der Waals surface area contributed by atoms with E-state index in [1.165, 1.54) is 0 Å². The maximum atomic E-state index is 12.6. The minimum Gasteiger partial charge on any atom is -0.383 e. The molecule has 0 aliphatic rings. The first kappa shape index (κ1) is 22.1. The fourth-order valence-corrected chi connectivity index (χ4v) is 4.15. The summed E-state index contributed by atoms with van der Waals surface area (Å²) in [5, 5.41) is 2.94. The zero-order valence-corrected chi connectivity index (χ0v) is 19.6. The van der Waals surface area contributed by atoms with Crippen LogP contribution in [0.5, 0.6) is 0 Å². The second-order valence-corrected chi connectivity index (χ2v) is 8.35. The van der Waals surface area contributed by atoms with Gasteiger partial charge >= 0.3 is 0 Å². The van der Waals surface area contributed by atoms with Crippen LogP contribution in [-0.4, -0.2) is 30.4 Å². The van der Waals surface area contributed by atoms with Gasteiger partial charge in [0.15, 0.2) is 11.5 Å². The van der Waals surface area contributed by atoms with Crippen LogP contribution in [0, 0.1) is 0 Å². The Morgan fingerprint density at radius 1 is 0.811 bits per heavy atom. The first-order valence-corrected chi connectivity index (χ1v) is 11.6. The topological polar surface area (TPSA) is 112 Å². The number of fused-ring (bicyclic) bond motifs is 1. The molecule has 6 rings (SSSR count). The molecule has 37 heavy (non-hydrogen) atoms. The minimum absolute atomic E-state index is 0.173. The third kappa shape index (κ3) is 4.28. The Hall–Kier alpha value is -5.37. The molecule has 0 saturated heterocycles. The Labute approximate surface area is 212 Å². The Bertz CT molecular complexity index is 1710. The molecule has 0 fully saturated rings. The highest BCUT2D eigenvalue weighted by Gasteiger charge is 2.19. The summed E-state index contributed by atoms with van der Waals surface area (Å²) in [6, 6.07) is 28.0. The van der Waals surface area contributed by atoms with Gasteiger partial charge in [0.1, 0.15) is 11.3 Å². The molecule has 1 amide bonds. The lowest BCUT2D eigenvalue weighted by Gasteiger charge is -2.12. The first-order chi connectivity index (χ1) is 18.2. The van der Waals surface area contributed by atoms with E-state index in [4.69, 9.17) is 15.7 Å². The number of hydrogen-bond acceptors (Lipinski definition) is 6. The molecular weight excluding hydrogens is 462 g/mol. The second kappa shape index (κ2) is 9.35. The van der Waals surface area contributed by atoms with Crippen molar-refractivity contribution in [3.8, 4) is 28.3 Å². The van der Waals surface area contributed by atoms with Crippen LogP contribution in [0.2, 0.25) is 0 Å². The normalized spacial score (nSPS) is 10.9. The van der Waals surface area contributed by atoms with Gasteiger partial charge in [0, 0.05) is 41.1 Å². The summed E-state index contributed by atoms with van der Waals surface area (Å²) in [5.74, 6) is 0.823. The van der Waals surface area contributed by atoms with Crippen molar-refractivity contribution >= 4 is 28.6 Å². The van der Waals surface area contributed by atoms with E-state index in [0.29, 0.717) is 39.6 Å². The minimum atomic E-state index is -0.173. The summed E-state index contributed by atoms with van der Waals surface area (Å²) < 4.78 is 1.95. The van der Waals surface area contributed by atoms with E-state index in [9.17, 15) is 4.79 Å². The Morgan fingerprint density at radius 3 is 2.38 bits per heavy atom. The van der Waals surface area contributed by atoms with Gasteiger partial charge in [-0.2, -0.15) is 0 Å². The molecule has 8 heteroatoms. The number of pyridine rings is 3. The van der Waals surface area contributed by atoms with Crippen molar-refractivity contribution in [2.24, 2.45) is 0 Å². The number of hydrogen-bond donors (Lipinski definition) is 2. The molecule has 0 radical (unpaired) electrons. The summed E-state index contributed by atoms with van der Waals surface area (Å²) in [7, 11) is 0. The van der Waals surface area contributed by atoms with Crippen molar-refractivity contribution in [2.75, 3.05) is 11.1 Å². The summed E-state index contributed by atoms with van der Waals surface area (Å²) in [6.45, 7) is 0. The fourth-order valence-electron chi connectivity index (χ4n) is 4.15. The Balaban J connectivity index is 1.45. The molecule has 2 aromatic carbocycles. The molecule has 178 valence electrons. The van der Waals surface area contributed by atoms with Crippen LogP contribution in [0.15, 0.2) is 110 Å². The molecule has 0 spiro atoms. The number of carbonyl (C=O) groups excluding carboxylic acids is 1. The molecule has 8 nitrogen and oxygen atoms in total. The largest absolute Gasteiger partial charge is 0.383 e. The number of nitrogens with two attached hydrogens (primary N) is 1. The second-order valence-electron chi connectivity index (χ2n) is 8.35. The molecule has 4 heterocycles. The number of nitrogen functional groups attached to an aromatic ring is 1. The molecule has 0 atom stereocenters. The predicted octanol–water partition coefficient (Wildman–Crippen LogP) is 5.38. The smallest absolute Gasteiger partial charge is 0.255 e. The van der Waals surface area contributed by atoms with E-state index >= 15 is 0 Å². The number of benzene rings is 2. The van der Waals surface area contributed by atoms with Crippen molar-refractivity contribution < 1.29 is 4.79 Å². The van der Waals surface area contributed by atoms with Crippen molar-refractivity contribution in [1.29, 1.82) is 0 Å². The van der Waals surface area contributed by atoms with E-state index in [0.717, 1.165) is 16.9 Å². The summed E-state index contributed by atoms with van der Waals surface area (Å²) in [5.41, 5.74) is 12.1. The van der Waals surface area contributed by atoms with Crippen molar-refractivity contribution in [1.82, 2.24) is 24.5 Å². The zero-order valence-electron chi connectivity index (χ0n) is 19.6. The SMILES string of the molecule is Nc1ncccc1-c1nc2ccc(-c3cccnc3)nc2n1-c1ccc(NC(=O)c2ccccc2)cc1. The van der Waals surface area contributed by atoms with Gasteiger partial charge in [-0.15, -0.1) is 0 Å². The van der Waals surface area contributed by atoms with Crippen LogP contribution in [-0.2, 0) is 0 Å². The van der Waals surface area contributed by atoms with Crippen LogP contribution < -0.4 is 11.1 Å². The third-order valence-corrected chi connectivity index (χ3v) is 5.96. The van der Waals surface area contributed by atoms with Gasteiger partial charge in [0.2, 0.25) is 0 Å². The number of rotatable bonds is 5.